The van der Waals surface area contributed by atoms with Gasteiger partial charge in [-0.2, -0.15) is 0 Å². The Kier molecular flexibility index (Phi) is 6.55. The fourth-order valence-corrected chi connectivity index (χ4v) is 2.85. The summed E-state index contributed by atoms with van der Waals surface area (Å²) in [5.41, 5.74) is 1.27. The third-order valence-electron chi connectivity index (χ3n) is 3.65. The summed E-state index contributed by atoms with van der Waals surface area (Å²) in [5, 5.41) is 6.67. The molecule has 0 radical (unpaired) electrons. The molecule has 2 aromatic rings. The monoisotopic (exact) mass is 332 g/mol. The van der Waals surface area contributed by atoms with E-state index >= 15 is 0 Å². The lowest BCUT2D eigenvalue weighted by molar-refractivity contribution is 0.223. The number of aryl methyl sites for hydroxylation is 1. The van der Waals surface area contributed by atoms with Crippen LogP contribution >= 0.6 is 11.3 Å². The highest BCUT2D eigenvalue weighted by Gasteiger charge is 2.11. The van der Waals surface area contributed by atoms with Gasteiger partial charge in [-0.1, -0.05) is 30.3 Å². The lowest BCUT2D eigenvalue weighted by Crippen LogP contribution is -2.43. The van der Waals surface area contributed by atoms with Crippen LogP contribution < -0.4 is 10.6 Å². The maximum atomic E-state index is 11.8. The van der Waals surface area contributed by atoms with E-state index in [1.54, 1.807) is 11.3 Å². The van der Waals surface area contributed by atoms with Crippen molar-refractivity contribution in [2.24, 2.45) is 0 Å². The minimum Gasteiger partial charge on any atom is -0.337 e. The van der Waals surface area contributed by atoms with Crippen molar-refractivity contribution < 1.29 is 4.79 Å². The summed E-state index contributed by atoms with van der Waals surface area (Å²) in [5.74, 6) is 0. The van der Waals surface area contributed by atoms with Crippen LogP contribution in [0.15, 0.2) is 36.5 Å². The summed E-state index contributed by atoms with van der Waals surface area (Å²) >= 11 is 1.60. The highest BCUT2D eigenvalue weighted by atomic mass is 32.1. The minimum atomic E-state index is -0.155. The van der Waals surface area contributed by atoms with Crippen LogP contribution in [0.25, 0.3) is 0 Å². The molecule has 2 amide bonds. The van der Waals surface area contributed by atoms with Gasteiger partial charge in [-0.05, 0) is 26.5 Å². The maximum absolute atomic E-state index is 11.8. The Bertz CT molecular complexity index is 614. The van der Waals surface area contributed by atoms with Gasteiger partial charge in [0.2, 0.25) is 0 Å². The first kappa shape index (κ1) is 17.4. The molecule has 124 valence electrons. The van der Waals surface area contributed by atoms with Gasteiger partial charge in [0.1, 0.15) is 5.01 Å². The molecule has 0 spiro atoms. The largest absolute Gasteiger partial charge is 0.337 e. The van der Waals surface area contributed by atoms with Gasteiger partial charge in [-0.25, -0.2) is 9.78 Å². The van der Waals surface area contributed by atoms with Crippen molar-refractivity contribution in [2.75, 3.05) is 13.6 Å². The third-order valence-corrected chi connectivity index (χ3v) is 4.57. The molecule has 0 unspecified atom stereocenters. The Balaban J connectivity index is 1.68. The van der Waals surface area contributed by atoms with Crippen molar-refractivity contribution in [3.8, 4) is 0 Å². The van der Waals surface area contributed by atoms with E-state index in [1.807, 2.05) is 31.3 Å². The highest BCUT2D eigenvalue weighted by molar-refractivity contribution is 7.11. The van der Waals surface area contributed by atoms with Crippen molar-refractivity contribution in [2.45, 2.75) is 33.0 Å². The predicted molar refractivity (Wildman–Crippen MR) is 94.5 cm³/mol. The molecule has 2 rings (SSSR count). The quantitative estimate of drug-likeness (QED) is 0.820. The SMILES string of the molecule is Cc1cnc(CNC(=O)NC[C@@H](C)N(C)Cc2ccccc2)s1. The van der Waals surface area contributed by atoms with Crippen LogP contribution in [-0.2, 0) is 13.1 Å². The van der Waals surface area contributed by atoms with Crippen molar-refractivity contribution in [1.29, 1.82) is 0 Å². The molecule has 0 saturated heterocycles. The third kappa shape index (κ3) is 6.00. The molecule has 23 heavy (non-hydrogen) atoms. The van der Waals surface area contributed by atoms with Crippen LogP contribution in [0.2, 0.25) is 0 Å². The number of hydrogen-bond acceptors (Lipinski definition) is 4. The molecule has 0 saturated carbocycles. The van der Waals surface area contributed by atoms with Crippen molar-refractivity contribution in [3.05, 3.63) is 52.0 Å². The first-order valence-electron chi connectivity index (χ1n) is 7.71. The van der Waals surface area contributed by atoms with Crippen LogP contribution in [0.5, 0.6) is 0 Å². The molecule has 0 fully saturated rings. The maximum Gasteiger partial charge on any atom is 0.315 e. The van der Waals surface area contributed by atoms with Gasteiger partial charge in [-0.15, -0.1) is 11.3 Å². The number of carbonyl (C=O) groups excluding carboxylic acids is 1. The van der Waals surface area contributed by atoms with Gasteiger partial charge < -0.3 is 10.6 Å². The van der Waals surface area contributed by atoms with E-state index in [0.29, 0.717) is 13.1 Å². The van der Waals surface area contributed by atoms with Crippen LogP contribution in [0.1, 0.15) is 22.4 Å². The zero-order valence-corrected chi connectivity index (χ0v) is 14.7. The van der Waals surface area contributed by atoms with Crippen LogP contribution in [0.4, 0.5) is 4.79 Å². The Hall–Kier alpha value is -1.92. The van der Waals surface area contributed by atoms with E-state index in [0.717, 1.165) is 16.4 Å². The predicted octanol–water partition coefficient (Wildman–Crippen LogP) is 2.77. The first-order chi connectivity index (χ1) is 11.0. The zero-order chi connectivity index (χ0) is 16.7. The molecule has 0 bridgehead atoms. The van der Waals surface area contributed by atoms with Gasteiger partial charge in [0.15, 0.2) is 0 Å². The van der Waals surface area contributed by atoms with E-state index in [9.17, 15) is 4.79 Å². The molecular weight excluding hydrogens is 308 g/mol. The molecular formula is C17H24N4OS. The summed E-state index contributed by atoms with van der Waals surface area (Å²) in [6.07, 6.45) is 1.82. The summed E-state index contributed by atoms with van der Waals surface area (Å²) in [6, 6.07) is 10.4. The van der Waals surface area contributed by atoms with Gasteiger partial charge in [0, 0.05) is 30.2 Å². The lowest BCUT2D eigenvalue weighted by Gasteiger charge is -2.25. The number of urea groups is 1. The van der Waals surface area contributed by atoms with Gasteiger partial charge in [-0.3, -0.25) is 4.90 Å². The van der Waals surface area contributed by atoms with E-state index in [-0.39, 0.29) is 12.1 Å². The molecule has 2 N–H and O–H groups in total. The number of nitrogens with one attached hydrogen (secondary N) is 2. The number of thiazole rings is 1. The number of amides is 2. The Morgan fingerprint density at radius 3 is 2.70 bits per heavy atom. The number of nitrogens with zero attached hydrogens (tertiary/aromatic N) is 2. The van der Waals surface area contributed by atoms with E-state index in [2.05, 4.69) is 46.6 Å². The second-order valence-corrected chi connectivity index (χ2v) is 7.00. The van der Waals surface area contributed by atoms with Gasteiger partial charge >= 0.3 is 6.03 Å². The summed E-state index contributed by atoms with van der Waals surface area (Å²) in [6.45, 7) is 6.05. The molecule has 0 aliphatic carbocycles. The van der Waals surface area contributed by atoms with Crippen LogP contribution in [0, 0.1) is 6.92 Å². The zero-order valence-electron chi connectivity index (χ0n) is 13.9. The Morgan fingerprint density at radius 1 is 1.30 bits per heavy atom. The Morgan fingerprint density at radius 2 is 2.04 bits per heavy atom. The van der Waals surface area contributed by atoms with E-state index < -0.39 is 0 Å². The van der Waals surface area contributed by atoms with Crippen molar-refractivity contribution >= 4 is 17.4 Å². The molecule has 0 aliphatic heterocycles. The lowest BCUT2D eigenvalue weighted by atomic mass is 10.2. The number of benzene rings is 1. The number of rotatable bonds is 7. The fraction of sp³-hybridized carbons (Fsp3) is 0.412. The van der Waals surface area contributed by atoms with Crippen LogP contribution in [-0.4, -0.2) is 35.5 Å². The van der Waals surface area contributed by atoms with Crippen molar-refractivity contribution in [1.82, 2.24) is 20.5 Å². The normalized spacial score (nSPS) is 12.2. The van der Waals surface area contributed by atoms with Crippen molar-refractivity contribution in [3.63, 3.8) is 0 Å². The van der Waals surface area contributed by atoms with E-state index in [1.165, 1.54) is 5.56 Å². The average molecular weight is 332 g/mol. The second-order valence-electron chi connectivity index (χ2n) is 5.68. The molecule has 1 aromatic carbocycles. The number of likely N-dealkylation sites (N-methyl/N-ethyl adjacent to an activating group) is 1. The standard InChI is InChI=1S/C17H24N4OS/c1-13(21(3)12-15-7-5-4-6-8-15)9-19-17(22)20-11-16-18-10-14(2)23-16/h4-8,10,13H,9,11-12H2,1-3H3,(H2,19,20,22)/t13-/m1/s1. The smallest absolute Gasteiger partial charge is 0.315 e. The van der Waals surface area contributed by atoms with Gasteiger partial charge in [0.05, 0.1) is 6.54 Å². The number of hydrogen-bond donors (Lipinski definition) is 2. The molecule has 1 aromatic heterocycles. The molecule has 6 heteroatoms. The number of carbonyl (C=O) groups is 1. The minimum absolute atomic E-state index is 0.155. The Labute approximate surface area is 141 Å². The first-order valence-corrected chi connectivity index (χ1v) is 8.53. The molecule has 5 nitrogen and oxygen atoms in total. The average Bonchev–Trinajstić information content (AvgIpc) is 2.97. The molecule has 0 aliphatic rings. The van der Waals surface area contributed by atoms with Gasteiger partial charge in [0.25, 0.3) is 0 Å². The number of aromatic nitrogens is 1. The fourth-order valence-electron chi connectivity index (χ4n) is 2.13. The molecule has 1 atom stereocenters. The van der Waals surface area contributed by atoms with Crippen LogP contribution in [0.3, 0.4) is 0 Å². The summed E-state index contributed by atoms with van der Waals surface area (Å²) < 4.78 is 0. The van der Waals surface area contributed by atoms with E-state index in [4.69, 9.17) is 0 Å². The second kappa shape index (κ2) is 8.64. The summed E-state index contributed by atoms with van der Waals surface area (Å²) in [7, 11) is 2.07. The summed E-state index contributed by atoms with van der Waals surface area (Å²) in [4.78, 5) is 19.4. The molecule has 1 heterocycles. The topological polar surface area (TPSA) is 57.3 Å². The highest BCUT2D eigenvalue weighted by Crippen LogP contribution is 2.10.